The van der Waals surface area contributed by atoms with Gasteiger partial charge in [0.1, 0.15) is 0 Å². The van der Waals surface area contributed by atoms with Gasteiger partial charge in [0.05, 0.1) is 10.7 Å². The average molecular weight is 341 g/mol. The Balaban J connectivity index is 2.01. The zero-order chi connectivity index (χ0) is 17.0. The van der Waals surface area contributed by atoms with Gasteiger partial charge < -0.3 is 4.90 Å². The average Bonchev–Trinajstić information content (AvgIpc) is 2.54. The van der Waals surface area contributed by atoms with Gasteiger partial charge in [-0.15, -0.1) is 0 Å². The van der Waals surface area contributed by atoms with Crippen LogP contribution in [0.5, 0.6) is 0 Å². The fraction of sp³-hybridized carbons (Fsp3) is 0.600. The number of nitro groups is 1. The Hall–Kier alpha value is -1.51. The molecule has 1 aliphatic heterocycles. The highest BCUT2D eigenvalue weighted by molar-refractivity contribution is 7.88. The van der Waals surface area contributed by atoms with Gasteiger partial charge in [-0.2, -0.15) is 0 Å². The molecule has 128 valence electrons. The molecule has 23 heavy (non-hydrogen) atoms. The van der Waals surface area contributed by atoms with E-state index < -0.39 is 14.9 Å². The summed E-state index contributed by atoms with van der Waals surface area (Å²) in [5.41, 5.74) is 0.528. The number of non-ortho nitro benzene ring substituents is 1. The second-order valence-corrected chi connectivity index (χ2v) is 7.89. The number of rotatable bonds is 6. The summed E-state index contributed by atoms with van der Waals surface area (Å²) in [4.78, 5) is 12.5. The minimum atomic E-state index is -3.43. The van der Waals surface area contributed by atoms with Crippen LogP contribution in [0.2, 0.25) is 0 Å². The van der Waals surface area contributed by atoms with Crippen LogP contribution in [0, 0.1) is 10.1 Å². The van der Waals surface area contributed by atoms with Crippen LogP contribution in [0.25, 0.3) is 0 Å². The Bertz CT molecular complexity index is 637. The first-order valence-electron chi connectivity index (χ1n) is 7.75. The Kier molecular flexibility index (Phi) is 5.72. The number of hydrogen-bond donors (Lipinski definition) is 0. The maximum atomic E-state index is 12.5. The predicted octanol–water partition coefficient (Wildman–Crippen LogP) is 1.84. The van der Waals surface area contributed by atoms with Crippen molar-refractivity contribution in [1.29, 1.82) is 0 Å². The molecule has 8 heteroatoms. The molecular formula is C15H23N3O4S. The SMILES string of the molecule is CCN1CCC(N(C)S(=O)(=O)Cc2ccc([N+](=O)[O-])cc2)CC1. The molecule has 0 saturated carbocycles. The first kappa shape index (κ1) is 17.8. The molecule has 0 unspecified atom stereocenters. The van der Waals surface area contributed by atoms with Crippen LogP contribution in [0.1, 0.15) is 25.3 Å². The van der Waals surface area contributed by atoms with E-state index in [1.165, 1.54) is 28.6 Å². The van der Waals surface area contributed by atoms with Crippen molar-refractivity contribution in [3.63, 3.8) is 0 Å². The second-order valence-electron chi connectivity index (χ2n) is 5.86. The van der Waals surface area contributed by atoms with E-state index in [1.807, 2.05) is 0 Å². The lowest BCUT2D eigenvalue weighted by Gasteiger charge is -2.35. The summed E-state index contributed by atoms with van der Waals surface area (Å²) >= 11 is 0. The van der Waals surface area contributed by atoms with Crippen LogP contribution in [0.3, 0.4) is 0 Å². The number of hydrogen-bond acceptors (Lipinski definition) is 5. The second kappa shape index (κ2) is 7.37. The summed E-state index contributed by atoms with van der Waals surface area (Å²) in [7, 11) is -1.79. The van der Waals surface area contributed by atoms with Crippen molar-refractivity contribution in [2.24, 2.45) is 0 Å². The van der Waals surface area contributed by atoms with Crippen LogP contribution in [0.15, 0.2) is 24.3 Å². The van der Waals surface area contributed by atoms with Gasteiger partial charge >= 0.3 is 0 Å². The third-order valence-electron chi connectivity index (χ3n) is 4.45. The van der Waals surface area contributed by atoms with E-state index in [1.54, 1.807) is 7.05 Å². The third kappa shape index (κ3) is 4.49. The topological polar surface area (TPSA) is 83.8 Å². The van der Waals surface area contributed by atoms with E-state index in [0.29, 0.717) is 5.56 Å². The van der Waals surface area contributed by atoms with Crippen molar-refractivity contribution >= 4 is 15.7 Å². The van der Waals surface area contributed by atoms with Crippen LogP contribution < -0.4 is 0 Å². The summed E-state index contributed by atoms with van der Waals surface area (Å²) in [6.45, 7) is 4.93. The van der Waals surface area contributed by atoms with Crippen molar-refractivity contribution in [3.8, 4) is 0 Å². The molecule has 1 aromatic carbocycles. The van der Waals surface area contributed by atoms with Crippen LogP contribution in [-0.2, 0) is 15.8 Å². The quantitative estimate of drug-likeness (QED) is 0.582. The molecule has 0 aromatic heterocycles. The van der Waals surface area contributed by atoms with E-state index in [9.17, 15) is 18.5 Å². The molecule has 0 bridgehead atoms. The fourth-order valence-corrected chi connectivity index (χ4v) is 4.34. The first-order chi connectivity index (χ1) is 10.8. The summed E-state index contributed by atoms with van der Waals surface area (Å²) in [5, 5.41) is 10.6. The molecule has 0 amide bonds. The Morgan fingerprint density at radius 2 is 1.83 bits per heavy atom. The monoisotopic (exact) mass is 341 g/mol. The minimum absolute atomic E-state index is 0.0286. The molecule has 7 nitrogen and oxygen atoms in total. The third-order valence-corrected chi connectivity index (χ3v) is 6.33. The van der Waals surface area contributed by atoms with Crippen LogP contribution in [-0.4, -0.2) is 55.3 Å². The van der Waals surface area contributed by atoms with Crippen molar-refractivity contribution < 1.29 is 13.3 Å². The van der Waals surface area contributed by atoms with E-state index in [-0.39, 0.29) is 17.5 Å². The number of sulfonamides is 1. The summed E-state index contributed by atoms with van der Waals surface area (Å²) in [6, 6.07) is 5.71. The molecule has 0 radical (unpaired) electrons. The van der Waals surface area contributed by atoms with Crippen molar-refractivity contribution in [3.05, 3.63) is 39.9 Å². The molecular weight excluding hydrogens is 318 g/mol. The van der Waals surface area contributed by atoms with Gasteiger partial charge in [-0.25, -0.2) is 12.7 Å². The summed E-state index contributed by atoms with van der Waals surface area (Å²) in [6.07, 6.45) is 1.67. The van der Waals surface area contributed by atoms with Crippen molar-refractivity contribution in [1.82, 2.24) is 9.21 Å². The zero-order valence-corrected chi connectivity index (χ0v) is 14.3. The highest BCUT2D eigenvalue weighted by Crippen LogP contribution is 2.21. The summed E-state index contributed by atoms with van der Waals surface area (Å²) < 4.78 is 26.6. The maximum absolute atomic E-state index is 12.5. The van der Waals surface area contributed by atoms with E-state index in [0.717, 1.165) is 32.5 Å². The van der Waals surface area contributed by atoms with E-state index in [4.69, 9.17) is 0 Å². The van der Waals surface area contributed by atoms with Gasteiger partial charge in [0.2, 0.25) is 10.0 Å². The largest absolute Gasteiger partial charge is 0.303 e. The molecule has 1 fully saturated rings. The van der Waals surface area contributed by atoms with E-state index >= 15 is 0 Å². The Morgan fingerprint density at radius 1 is 1.26 bits per heavy atom. The standard InChI is InChI=1S/C15H23N3O4S/c1-3-17-10-8-14(9-11-17)16(2)23(21,22)12-13-4-6-15(7-5-13)18(19)20/h4-7,14H,3,8-12H2,1-2H3. The number of piperidine rings is 1. The molecule has 1 aliphatic rings. The highest BCUT2D eigenvalue weighted by Gasteiger charge is 2.29. The minimum Gasteiger partial charge on any atom is -0.303 e. The molecule has 1 saturated heterocycles. The molecule has 1 aromatic rings. The molecule has 0 aliphatic carbocycles. The number of nitro benzene ring substituents is 1. The number of benzene rings is 1. The van der Waals surface area contributed by atoms with Gasteiger partial charge in [0, 0.05) is 25.2 Å². The maximum Gasteiger partial charge on any atom is 0.269 e. The molecule has 2 rings (SSSR count). The zero-order valence-electron chi connectivity index (χ0n) is 13.5. The van der Waals surface area contributed by atoms with Crippen molar-refractivity contribution in [2.75, 3.05) is 26.7 Å². The smallest absolute Gasteiger partial charge is 0.269 e. The predicted molar refractivity (Wildman–Crippen MR) is 88.6 cm³/mol. The molecule has 0 spiro atoms. The Labute approximate surface area is 137 Å². The van der Waals surface area contributed by atoms with Gasteiger partial charge in [0.25, 0.3) is 5.69 Å². The van der Waals surface area contributed by atoms with E-state index in [2.05, 4.69) is 11.8 Å². The van der Waals surface area contributed by atoms with Gasteiger partial charge in [0.15, 0.2) is 0 Å². The number of likely N-dealkylation sites (tertiary alicyclic amines) is 1. The van der Waals surface area contributed by atoms with Crippen LogP contribution in [0.4, 0.5) is 5.69 Å². The van der Waals surface area contributed by atoms with Crippen LogP contribution >= 0.6 is 0 Å². The Morgan fingerprint density at radius 3 is 2.30 bits per heavy atom. The number of nitrogens with zero attached hydrogens (tertiary/aromatic N) is 3. The lowest BCUT2D eigenvalue weighted by atomic mass is 10.1. The van der Waals surface area contributed by atoms with Crippen molar-refractivity contribution in [2.45, 2.75) is 31.6 Å². The lowest BCUT2D eigenvalue weighted by molar-refractivity contribution is -0.384. The van der Waals surface area contributed by atoms with Gasteiger partial charge in [-0.1, -0.05) is 19.1 Å². The lowest BCUT2D eigenvalue weighted by Crippen LogP contribution is -2.45. The fourth-order valence-electron chi connectivity index (χ4n) is 2.85. The first-order valence-corrected chi connectivity index (χ1v) is 9.36. The molecule has 0 N–H and O–H groups in total. The molecule has 0 atom stereocenters. The summed E-state index contributed by atoms with van der Waals surface area (Å²) in [5.74, 6) is -0.129. The van der Waals surface area contributed by atoms with Gasteiger partial charge in [-0.3, -0.25) is 10.1 Å². The highest BCUT2D eigenvalue weighted by atomic mass is 32.2. The molecule has 1 heterocycles. The van der Waals surface area contributed by atoms with Gasteiger partial charge in [-0.05, 0) is 38.0 Å². The normalized spacial score (nSPS) is 17.5.